The second-order valence-electron chi connectivity index (χ2n) is 5.73. The van der Waals surface area contributed by atoms with E-state index in [0.29, 0.717) is 12.1 Å². The fourth-order valence-corrected chi connectivity index (χ4v) is 3.14. The van der Waals surface area contributed by atoms with Crippen molar-refractivity contribution in [3.05, 3.63) is 34.9 Å². The molecule has 2 unspecified atom stereocenters. The zero-order valence-corrected chi connectivity index (χ0v) is 10.8. The highest BCUT2D eigenvalue weighted by Gasteiger charge is 2.41. The Hall–Kier alpha value is -0.860. The van der Waals surface area contributed by atoms with Crippen molar-refractivity contribution in [2.24, 2.45) is 5.73 Å². The fourth-order valence-electron chi connectivity index (χ4n) is 3.14. The first kappa shape index (κ1) is 11.2. The second kappa shape index (κ2) is 4.11. The molecule has 1 saturated heterocycles. The van der Waals surface area contributed by atoms with Gasteiger partial charge in [0, 0.05) is 18.6 Å². The van der Waals surface area contributed by atoms with Gasteiger partial charge in [0.15, 0.2) is 0 Å². The largest absolute Gasteiger partial charge is 0.326 e. The second-order valence-corrected chi connectivity index (χ2v) is 5.73. The molecule has 2 nitrogen and oxygen atoms in total. The lowest BCUT2D eigenvalue weighted by atomic mass is 9.94. The average molecular weight is 230 g/mol. The summed E-state index contributed by atoms with van der Waals surface area (Å²) in [5, 5.41) is 0. The van der Waals surface area contributed by atoms with Crippen LogP contribution in [0.1, 0.15) is 42.0 Å². The van der Waals surface area contributed by atoms with E-state index in [4.69, 9.17) is 5.73 Å². The molecule has 1 aromatic rings. The van der Waals surface area contributed by atoms with Gasteiger partial charge in [0.05, 0.1) is 6.04 Å². The van der Waals surface area contributed by atoms with Gasteiger partial charge in [-0.05, 0) is 44.2 Å². The van der Waals surface area contributed by atoms with Crippen LogP contribution in [0, 0.1) is 13.8 Å². The molecule has 2 fully saturated rings. The maximum atomic E-state index is 6.34. The van der Waals surface area contributed by atoms with Crippen LogP contribution in [0.5, 0.6) is 0 Å². The zero-order chi connectivity index (χ0) is 12.0. The summed E-state index contributed by atoms with van der Waals surface area (Å²) in [6, 6.07) is 8.36. The van der Waals surface area contributed by atoms with E-state index < -0.39 is 0 Å². The van der Waals surface area contributed by atoms with Crippen molar-refractivity contribution in [3.63, 3.8) is 0 Å². The number of hydrogen-bond acceptors (Lipinski definition) is 2. The third kappa shape index (κ3) is 2.00. The normalized spacial score (nSPS) is 29.8. The predicted octanol–water partition coefficient (Wildman–Crippen LogP) is 2.54. The summed E-state index contributed by atoms with van der Waals surface area (Å²) in [4.78, 5) is 2.65. The molecule has 2 aliphatic rings. The van der Waals surface area contributed by atoms with Gasteiger partial charge >= 0.3 is 0 Å². The molecule has 2 heteroatoms. The van der Waals surface area contributed by atoms with Crippen LogP contribution in [0.2, 0.25) is 0 Å². The Kier molecular flexibility index (Phi) is 2.72. The van der Waals surface area contributed by atoms with Gasteiger partial charge in [0.2, 0.25) is 0 Å². The van der Waals surface area contributed by atoms with E-state index >= 15 is 0 Å². The third-order valence-corrected chi connectivity index (χ3v) is 4.25. The van der Waals surface area contributed by atoms with E-state index in [2.05, 4.69) is 36.9 Å². The molecular weight excluding hydrogens is 208 g/mol. The lowest BCUT2D eigenvalue weighted by molar-refractivity contribution is 0.236. The first-order chi connectivity index (χ1) is 8.16. The topological polar surface area (TPSA) is 29.3 Å². The van der Waals surface area contributed by atoms with Gasteiger partial charge in [-0.3, -0.25) is 4.90 Å². The molecule has 3 rings (SSSR count). The Morgan fingerprint density at radius 2 is 1.94 bits per heavy atom. The highest BCUT2D eigenvalue weighted by atomic mass is 15.2. The molecule has 0 radical (unpaired) electrons. The molecule has 17 heavy (non-hydrogen) atoms. The summed E-state index contributed by atoms with van der Waals surface area (Å²) in [5.41, 5.74) is 10.5. The molecule has 1 saturated carbocycles. The number of aryl methyl sites for hydroxylation is 2. The molecule has 1 heterocycles. The van der Waals surface area contributed by atoms with Gasteiger partial charge in [-0.15, -0.1) is 0 Å². The van der Waals surface area contributed by atoms with E-state index in [9.17, 15) is 0 Å². The minimum absolute atomic E-state index is 0.316. The summed E-state index contributed by atoms with van der Waals surface area (Å²) in [6.45, 7) is 5.57. The molecule has 1 aliphatic heterocycles. The summed E-state index contributed by atoms with van der Waals surface area (Å²) >= 11 is 0. The molecule has 0 bridgehead atoms. The summed E-state index contributed by atoms with van der Waals surface area (Å²) < 4.78 is 0. The third-order valence-electron chi connectivity index (χ3n) is 4.25. The van der Waals surface area contributed by atoms with E-state index in [1.165, 1.54) is 36.1 Å². The minimum atomic E-state index is 0.316. The minimum Gasteiger partial charge on any atom is -0.326 e. The number of rotatable bonds is 2. The summed E-state index contributed by atoms with van der Waals surface area (Å²) in [5.74, 6) is 0. The maximum Gasteiger partial charge on any atom is 0.0505 e. The SMILES string of the molecule is Cc1ccc(C)c(C2C(N)CCN2C2CC2)c1. The quantitative estimate of drug-likeness (QED) is 0.846. The van der Waals surface area contributed by atoms with Crippen molar-refractivity contribution in [1.29, 1.82) is 0 Å². The first-order valence-electron chi connectivity index (χ1n) is 6.75. The van der Waals surface area contributed by atoms with E-state index in [1.54, 1.807) is 0 Å². The molecule has 92 valence electrons. The Morgan fingerprint density at radius 3 is 2.65 bits per heavy atom. The van der Waals surface area contributed by atoms with Gasteiger partial charge in [-0.25, -0.2) is 0 Å². The first-order valence-corrected chi connectivity index (χ1v) is 6.75. The fraction of sp³-hybridized carbons (Fsp3) is 0.600. The smallest absolute Gasteiger partial charge is 0.0505 e. The van der Waals surface area contributed by atoms with Crippen molar-refractivity contribution < 1.29 is 0 Å². The van der Waals surface area contributed by atoms with Crippen molar-refractivity contribution in [2.45, 2.75) is 51.2 Å². The van der Waals surface area contributed by atoms with E-state index in [1.807, 2.05) is 0 Å². The number of nitrogens with two attached hydrogens (primary N) is 1. The summed E-state index contributed by atoms with van der Waals surface area (Å²) in [6.07, 6.45) is 3.89. The van der Waals surface area contributed by atoms with Crippen LogP contribution < -0.4 is 5.73 Å². The molecule has 2 atom stereocenters. The Bertz CT molecular complexity index is 423. The Balaban J connectivity index is 1.97. The number of nitrogens with zero attached hydrogens (tertiary/aromatic N) is 1. The number of likely N-dealkylation sites (tertiary alicyclic amines) is 1. The van der Waals surface area contributed by atoms with Crippen LogP contribution in [-0.2, 0) is 0 Å². The van der Waals surface area contributed by atoms with Gasteiger partial charge in [-0.2, -0.15) is 0 Å². The monoisotopic (exact) mass is 230 g/mol. The molecule has 2 N–H and O–H groups in total. The highest BCUT2D eigenvalue weighted by Crippen LogP contribution is 2.41. The Labute approximate surface area is 104 Å². The molecule has 0 aromatic heterocycles. The average Bonchev–Trinajstić information content (AvgIpc) is 3.07. The maximum absolute atomic E-state index is 6.34. The van der Waals surface area contributed by atoms with Gasteiger partial charge in [0.25, 0.3) is 0 Å². The predicted molar refractivity (Wildman–Crippen MR) is 71.0 cm³/mol. The van der Waals surface area contributed by atoms with Crippen molar-refractivity contribution in [3.8, 4) is 0 Å². The standard InChI is InChI=1S/C15H22N2/c1-10-3-4-11(2)13(9-10)15-14(16)7-8-17(15)12-5-6-12/h3-4,9,12,14-15H,5-8,16H2,1-2H3. The molecule has 0 amide bonds. The molecule has 1 aromatic carbocycles. The van der Waals surface area contributed by atoms with Crippen molar-refractivity contribution >= 4 is 0 Å². The lowest BCUT2D eigenvalue weighted by Crippen LogP contribution is -2.33. The van der Waals surface area contributed by atoms with Gasteiger partial charge in [0.1, 0.15) is 0 Å². The van der Waals surface area contributed by atoms with Crippen LogP contribution in [0.4, 0.5) is 0 Å². The van der Waals surface area contributed by atoms with Crippen molar-refractivity contribution in [1.82, 2.24) is 4.90 Å². The highest BCUT2D eigenvalue weighted by molar-refractivity contribution is 5.35. The molecule has 0 spiro atoms. The van der Waals surface area contributed by atoms with Crippen LogP contribution in [-0.4, -0.2) is 23.5 Å². The van der Waals surface area contributed by atoms with Crippen LogP contribution in [0.15, 0.2) is 18.2 Å². The van der Waals surface area contributed by atoms with Crippen LogP contribution >= 0.6 is 0 Å². The zero-order valence-electron chi connectivity index (χ0n) is 10.8. The number of hydrogen-bond donors (Lipinski definition) is 1. The Morgan fingerprint density at radius 1 is 1.18 bits per heavy atom. The van der Waals surface area contributed by atoms with Gasteiger partial charge in [-0.1, -0.05) is 23.8 Å². The van der Waals surface area contributed by atoms with Crippen LogP contribution in [0.3, 0.4) is 0 Å². The van der Waals surface area contributed by atoms with Crippen molar-refractivity contribution in [2.75, 3.05) is 6.54 Å². The van der Waals surface area contributed by atoms with Crippen LogP contribution in [0.25, 0.3) is 0 Å². The molecular formula is C15H22N2. The summed E-state index contributed by atoms with van der Waals surface area (Å²) in [7, 11) is 0. The van der Waals surface area contributed by atoms with E-state index in [0.717, 1.165) is 12.5 Å². The number of benzene rings is 1. The van der Waals surface area contributed by atoms with Gasteiger partial charge < -0.3 is 5.73 Å². The lowest BCUT2D eigenvalue weighted by Gasteiger charge is -2.28. The van der Waals surface area contributed by atoms with E-state index in [-0.39, 0.29) is 0 Å². The molecule has 1 aliphatic carbocycles.